The number of amides is 1. The molecule has 5 nitrogen and oxygen atoms in total. The van der Waals surface area contributed by atoms with E-state index in [9.17, 15) is 9.18 Å². The number of rotatable bonds is 6. The molecule has 1 aliphatic heterocycles. The molecule has 0 atom stereocenters. The van der Waals surface area contributed by atoms with Gasteiger partial charge in [-0.25, -0.2) is 9.37 Å². The Morgan fingerprint density at radius 2 is 1.64 bits per heavy atom. The number of para-hydroxylation sites is 2. The van der Waals surface area contributed by atoms with E-state index in [1.165, 1.54) is 6.07 Å². The number of terminal acetylenes is 1. The second kappa shape index (κ2) is 13.5. The number of aryl methyl sites for hydroxylation is 2. The Kier molecular flexibility index (Phi) is 9.35. The van der Waals surface area contributed by atoms with Crippen LogP contribution in [0.15, 0.2) is 91.0 Å². The minimum atomic E-state index is -0.240. The first-order valence-electron chi connectivity index (χ1n) is 14.9. The van der Waals surface area contributed by atoms with Crippen molar-refractivity contribution in [1.29, 1.82) is 5.41 Å². The molecule has 1 N–H and O–H groups in total. The van der Waals surface area contributed by atoms with Crippen molar-refractivity contribution in [3.05, 3.63) is 136 Å². The highest BCUT2D eigenvalue weighted by Gasteiger charge is 2.28. The second-order valence-electron chi connectivity index (χ2n) is 11.3. The summed E-state index contributed by atoms with van der Waals surface area (Å²) in [6.07, 6.45) is 6.22. The van der Waals surface area contributed by atoms with E-state index in [0.717, 1.165) is 57.5 Å². The molecule has 0 radical (unpaired) electrons. The van der Waals surface area contributed by atoms with Gasteiger partial charge in [0.1, 0.15) is 11.6 Å². The first-order chi connectivity index (χ1) is 21.3. The van der Waals surface area contributed by atoms with Crippen LogP contribution in [0.4, 0.5) is 4.39 Å². The third kappa shape index (κ3) is 6.63. The van der Waals surface area contributed by atoms with E-state index in [4.69, 9.17) is 10.4 Å². The Morgan fingerprint density at radius 3 is 2.32 bits per heavy atom. The molecule has 0 spiro atoms. The van der Waals surface area contributed by atoms with Gasteiger partial charge < -0.3 is 9.47 Å². The Hall–Kier alpha value is -5.02. The molecule has 4 aromatic carbocycles. The van der Waals surface area contributed by atoms with Gasteiger partial charge in [-0.3, -0.25) is 10.2 Å². The number of carbonyl (C=O) groups excluding carboxylic acids is 1. The molecule has 0 aliphatic carbocycles. The minimum absolute atomic E-state index is 0.0215. The molecular weight excluding hydrogens is 547 g/mol. The van der Waals surface area contributed by atoms with E-state index in [2.05, 4.69) is 23.0 Å². The predicted octanol–water partition coefficient (Wildman–Crippen LogP) is 7.92. The van der Waals surface area contributed by atoms with Gasteiger partial charge in [0, 0.05) is 42.2 Å². The van der Waals surface area contributed by atoms with Crippen LogP contribution in [-0.2, 0) is 6.54 Å². The summed E-state index contributed by atoms with van der Waals surface area (Å²) >= 11 is 0. The molecule has 0 bridgehead atoms. The Balaban J connectivity index is 0.00000123. The molecule has 6 heteroatoms. The SMILES string of the molecule is C#CC.Cc1ccc(C(=N)c2ccc(C(=O)N3CCC(c4nc5ccccc5n4Cc4cccc(F)c4)CC3)cc2C)cc1. The number of carbonyl (C=O) groups is 1. The van der Waals surface area contributed by atoms with Crippen molar-refractivity contribution in [2.45, 2.75) is 46.1 Å². The van der Waals surface area contributed by atoms with Gasteiger partial charge >= 0.3 is 0 Å². The van der Waals surface area contributed by atoms with E-state index in [0.29, 0.717) is 30.9 Å². The van der Waals surface area contributed by atoms with E-state index in [1.54, 1.807) is 19.1 Å². The molecule has 1 saturated heterocycles. The summed E-state index contributed by atoms with van der Waals surface area (Å²) in [4.78, 5) is 20.4. The predicted molar refractivity (Wildman–Crippen MR) is 176 cm³/mol. The zero-order valence-corrected chi connectivity index (χ0v) is 25.5. The first-order valence-corrected chi connectivity index (χ1v) is 14.9. The lowest BCUT2D eigenvalue weighted by Gasteiger charge is -2.32. The maximum atomic E-state index is 13.9. The smallest absolute Gasteiger partial charge is 0.253 e. The standard InChI is InChI=1S/C35H33FN4O.C3H4/c1-23-10-12-26(13-11-23)33(37)30-15-14-28(20-24(30)2)35(41)39-18-16-27(17-19-39)34-38-31-8-3-4-9-32(31)40(34)22-25-6-5-7-29(36)21-25;1-3-2/h3-15,20-21,27,37H,16-19,22H2,1-2H3;1H,2H3. The highest BCUT2D eigenvalue weighted by Crippen LogP contribution is 2.32. The van der Waals surface area contributed by atoms with E-state index < -0.39 is 0 Å². The van der Waals surface area contributed by atoms with Gasteiger partial charge in [-0.15, -0.1) is 12.3 Å². The number of aromatic nitrogens is 2. The topological polar surface area (TPSA) is 62.0 Å². The molecular formula is C38H37FN4O. The Bertz CT molecular complexity index is 1840. The summed E-state index contributed by atoms with van der Waals surface area (Å²) in [5, 5.41) is 8.68. The lowest BCUT2D eigenvalue weighted by Crippen LogP contribution is -2.38. The van der Waals surface area contributed by atoms with Gasteiger partial charge in [0.05, 0.1) is 16.7 Å². The van der Waals surface area contributed by atoms with Crippen molar-refractivity contribution >= 4 is 22.7 Å². The van der Waals surface area contributed by atoms with Crippen LogP contribution in [-0.4, -0.2) is 39.2 Å². The number of fused-ring (bicyclic) bond motifs is 1. The van der Waals surface area contributed by atoms with E-state index in [1.807, 2.05) is 85.5 Å². The summed E-state index contributed by atoms with van der Waals surface area (Å²) in [5.41, 5.74) is 7.76. The lowest BCUT2D eigenvalue weighted by molar-refractivity contribution is 0.0710. The van der Waals surface area contributed by atoms with Gasteiger partial charge in [0.15, 0.2) is 0 Å². The zero-order chi connectivity index (χ0) is 31.2. The largest absolute Gasteiger partial charge is 0.339 e. The van der Waals surface area contributed by atoms with E-state index >= 15 is 0 Å². The van der Waals surface area contributed by atoms with Gasteiger partial charge in [-0.2, -0.15) is 0 Å². The van der Waals surface area contributed by atoms with Crippen molar-refractivity contribution in [2.24, 2.45) is 0 Å². The van der Waals surface area contributed by atoms with Crippen LogP contribution in [0.25, 0.3) is 11.0 Å². The molecule has 0 saturated carbocycles. The minimum Gasteiger partial charge on any atom is -0.339 e. The normalized spacial score (nSPS) is 13.2. The summed E-state index contributed by atoms with van der Waals surface area (Å²) in [7, 11) is 0. The number of nitrogens with one attached hydrogen (secondary N) is 1. The van der Waals surface area contributed by atoms with E-state index in [-0.39, 0.29) is 17.6 Å². The summed E-state index contributed by atoms with van der Waals surface area (Å²) in [6, 6.07) is 28.4. The number of halogens is 1. The van der Waals surface area contributed by atoms with Crippen molar-refractivity contribution in [3.63, 3.8) is 0 Å². The van der Waals surface area contributed by atoms with Crippen LogP contribution in [0, 0.1) is 37.4 Å². The lowest BCUT2D eigenvalue weighted by atomic mass is 9.94. The third-order valence-corrected chi connectivity index (χ3v) is 8.14. The van der Waals surface area contributed by atoms with Gasteiger partial charge in [-0.1, -0.05) is 60.2 Å². The number of hydrogen-bond acceptors (Lipinski definition) is 3. The summed E-state index contributed by atoms with van der Waals surface area (Å²) in [5.74, 6) is 3.24. The highest BCUT2D eigenvalue weighted by atomic mass is 19.1. The Labute approximate surface area is 258 Å². The number of imidazole rings is 1. The number of piperidine rings is 1. The quantitative estimate of drug-likeness (QED) is 0.163. The molecule has 1 fully saturated rings. The third-order valence-electron chi connectivity index (χ3n) is 8.14. The fourth-order valence-corrected chi connectivity index (χ4v) is 5.87. The molecule has 2 heterocycles. The Morgan fingerprint density at radius 1 is 0.955 bits per heavy atom. The average molecular weight is 585 g/mol. The fraction of sp³-hybridized carbons (Fsp3) is 0.237. The highest BCUT2D eigenvalue weighted by molar-refractivity contribution is 6.12. The molecule has 222 valence electrons. The van der Waals surface area contributed by atoms with Crippen molar-refractivity contribution in [2.75, 3.05) is 13.1 Å². The van der Waals surface area contributed by atoms with Crippen LogP contribution < -0.4 is 0 Å². The van der Waals surface area contributed by atoms with Crippen LogP contribution in [0.3, 0.4) is 0 Å². The number of nitrogens with zero attached hydrogens (tertiary/aromatic N) is 3. The first kappa shape index (κ1) is 30.4. The van der Waals surface area contributed by atoms with Crippen molar-refractivity contribution in [1.82, 2.24) is 14.5 Å². The molecule has 1 aliphatic rings. The van der Waals surface area contributed by atoms with Crippen LogP contribution in [0.1, 0.15) is 69.7 Å². The number of likely N-dealkylation sites (tertiary alicyclic amines) is 1. The van der Waals surface area contributed by atoms with Crippen LogP contribution >= 0.6 is 0 Å². The monoisotopic (exact) mass is 584 g/mol. The van der Waals surface area contributed by atoms with Crippen molar-refractivity contribution in [3.8, 4) is 12.3 Å². The maximum absolute atomic E-state index is 13.9. The van der Waals surface area contributed by atoms with Crippen LogP contribution in [0.5, 0.6) is 0 Å². The fourth-order valence-electron chi connectivity index (χ4n) is 5.87. The molecule has 0 unspecified atom stereocenters. The molecule has 44 heavy (non-hydrogen) atoms. The molecule has 1 amide bonds. The maximum Gasteiger partial charge on any atom is 0.253 e. The number of benzene rings is 4. The van der Waals surface area contributed by atoms with Gasteiger partial charge in [0.25, 0.3) is 5.91 Å². The van der Waals surface area contributed by atoms with Gasteiger partial charge in [0.2, 0.25) is 0 Å². The summed E-state index contributed by atoms with van der Waals surface area (Å²) < 4.78 is 16.1. The van der Waals surface area contributed by atoms with Crippen molar-refractivity contribution < 1.29 is 9.18 Å². The molecule has 6 rings (SSSR count). The molecule has 5 aromatic rings. The second-order valence-corrected chi connectivity index (χ2v) is 11.3. The summed E-state index contributed by atoms with van der Waals surface area (Å²) in [6.45, 7) is 7.49. The molecule has 1 aromatic heterocycles. The van der Waals surface area contributed by atoms with Crippen LogP contribution in [0.2, 0.25) is 0 Å². The number of hydrogen-bond donors (Lipinski definition) is 1. The zero-order valence-electron chi connectivity index (χ0n) is 25.5. The van der Waals surface area contributed by atoms with Gasteiger partial charge in [-0.05, 0) is 81.1 Å². The average Bonchev–Trinajstić information content (AvgIpc) is 3.39.